The Balaban J connectivity index is 1.72. The highest BCUT2D eigenvalue weighted by Crippen LogP contribution is 1.99. The van der Waals surface area contributed by atoms with Gasteiger partial charge < -0.3 is 4.84 Å². The largest absolute Gasteiger partial charge is 0.395 e. The van der Waals surface area contributed by atoms with Crippen molar-refractivity contribution in [1.29, 1.82) is 0 Å². The molecular weight excluding hydrogens is 214 g/mol. The molecule has 0 unspecified atom stereocenters. The number of benzene rings is 1. The lowest BCUT2D eigenvalue weighted by Crippen LogP contribution is -1.94. The fourth-order valence-corrected chi connectivity index (χ4v) is 1.34. The van der Waals surface area contributed by atoms with Gasteiger partial charge in [0.05, 0.1) is 6.21 Å². The number of rotatable bonds is 5. The molecule has 17 heavy (non-hydrogen) atoms. The van der Waals surface area contributed by atoms with Crippen LogP contribution in [0, 0.1) is 0 Å². The van der Waals surface area contributed by atoms with Gasteiger partial charge >= 0.3 is 0 Å². The Bertz CT molecular complexity index is 457. The molecule has 1 aromatic heterocycles. The van der Waals surface area contributed by atoms with Gasteiger partial charge in [-0.05, 0) is 5.56 Å². The van der Waals surface area contributed by atoms with Gasteiger partial charge in [0.1, 0.15) is 12.9 Å². The van der Waals surface area contributed by atoms with Gasteiger partial charge in [-0.1, -0.05) is 35.5 Å². The number of oxime groups is 1. The molecule has 0 saturated carbocycles. The minimum absolute atomic E-state index is 0.564. The zero-order chi connectivity index (χ0) is 11.8. The van der Waals surface area contributed by atoms with Gasteiger partial charge in [0.2, 0.25) is 0 Å². The van der Waals surface area contributed by atoms with Crippen molar-refractivity contribution in [3.63, 3.8) is 0 Å². The van der Waals surface area contributed by atoms with Crippen molar-refractivity contribution in [3.8, 4) is 0 Å². The first-order chi connectivity index (χ1) is 8.45. The normalized spacial score (nSPS) is 10.6. The van der Waals surface area contributed by atoms with Crippen molar-refractivity contribution >= 4 is 6.21 Å². The highest BCUT2D eigenvalue weighted by molar-refractivity contribution is 5.77. The first-order valence-electron chi connectivity index (χ1n) is 5.39. The predicted octanol–water partition coefficient (Wildman–Crippen LogP) is 2.07. The summed E-state index contributed by atoms with van der Waals surface area (Å²) < 4.78 is 0. The van der Waals surface area contributed by atoms with Gasteiger partial charge in [-0.15, -0.1) is 0 Å². The molecule has 0 aliphatic carbocycles. The molecular formula is C13H13N3O. The van der Waals surface area contributed by atoms with Crippen LogP contribution in [0.3, 0.4) is 0 Å². The standard InChI is InChI=1S/C13H13N3O/c1-2-4-12(5-3-1)6-7-17-16-10-13-8-14-11-15-9-13/h1-5,8-11H,6-7H2. The summed E-state index contributed by atoms with van der Waals surface area (Å²) in [5, 5.41) is 3.85. The van der Waals surface area contributed by atoms with Crippen molar-refractivity contribution in [3.05, 3.63) is 60.2 Å². The molecule has 0 saturated heterocycles. The fraction of sp³-hybridized carbons (Fsp3) is 0.154. The maximum absolute atomic E-state index is 5.16. The van der Waals surface area contributed by atoms with Crippen molar-refractivity contribution < 1.29 is 4.84 Å². The molecule has 86 valence electrons. The van der Waals surface area contributed by atoms with Crippen LogP contribution in [-0.2, 0) is 11.3 Å². The Morgan fingerprint density at radius 3 is 2.65 bits per heavy atom. The van der Waals surface area contributed by atoms with Crippen LogP contribution in [0.5, 0.6) is 0 Å². The number of nitrogens with zero attached hydrogens (tertiary/aromatic N) is 3. The van der Waals surface area contributed by atoms with Gasteiger partial charge in [-0.2, -0.15) is 0 Å². The quantitative estimate of drug-likeness (QED) is 0.446. The molecule has 0 fully saturated rings. The fourth-order valence-electron chi connectivity index (χ4n) is 1.34. The summed E-state index contributed by atoms with van der Waals surface area (Å²) >= 11 is 0. The van der Waals surface area contributed by atoms with Crippen LogP contribution in [0.25, 0.3) is 0 Å². The molecule has 2 rings (SSSR count). The minimum atomic E-state index is 0.564. The third kappa shape index (κ3) is 4.03. The molecule has 0 bridgehead atoms. The van der Waals surface area contributed by atoms with E-state index in [2.05, 4.69) is 27.3 Å². The summed E-state index contributed by atoms with van der Waals surface area (Å²) in [4.78, 5) is 12.9. The zero-order valence-corrected chi connectivity index (χ0v) is 9.36. The second-order valence-electron chi connectivity index (χ2n) is 3.48. The molecule has 0 aliphatic rings. The molecule has 1 heterocycles. The predicted molar refractivity (Wildman–Crippen MR) is 65.7 cm³/mol. The third-order valence-electron chi connectivity index (χ3n) is 2.18. The van der Waals surface area contributed by atoms with Crippen molar-refractivity contribution in [1.82, 2.24) is 9.97 Å². The monoisotopic (exact) mass is 227 g/mol. The molecule has 0 aliphatic heterocycles. The van der Waals surface area contributed by atoms with Crippen LogP contribution in [-0.4, -0.2) is 22.8 Å². The molecule has 0 amide bonds. The smallest absolute Gasteiger partial charge is 0.121 e. The summed E-state index contributed by atoms with van der Waals surface area (Å²) in [5.41, 5.74) is 2.07. The Morgan fingerprint density at radius 2 is 1.88 bits per heavy atom. The van der Waals surface area contributed by atoms with Gasteiger partial charge in [-0.3, -0.25) is 0 Å². The second kappa shape index (κ2) is 6.37. The highest BCUT2D eigenvalue weighted by Gasteiger charge is 1.91. The van der Waals surface area contributed by atoms with E-state index in [0.29, 0.717) is 6.61 Å². The third-order valence-corrected chi connectivity index (χ3v) is 2.18. The Labute approximate surface area is 100.0 Å². The Morgan fingerprint density at radius 1 is 1.12 bits per heavy atom. The lowest BCUT2D eigenvalue weighted by Gasteiger charge is -1.99. The molecule has 4 heteroatoms. The van der Waals surface area contributed by atoms with Gasteiger partial charge in [0.15, 0.2) is 0 Å². The number of hydrogen-bond acceptors (Lipinski definition) is 4. The average molecular weight is 227 g/mol. The number of hydrogen-bond donors (Lipinski definition) is 0. The summed E-state index contributed by atoms with van der Waals surface area (Å²) in [6.07, 6.45) is 7.29. The molecule has 0 N–H and O–H groups in total. The van der Waals surface area contributed by atoms with Crippen molar-refractivity contribution in [2.45, 2.75) is 6.42 Å². The maximum Gasteiger partial charge on any atom is 0.121 e. The summed E-state index contributed by atoms with van der Waals surface area (Å²) in [6.45, 7) is 0.564. The molecule has 1 aromatic carbocycles. The van der Waals surface area contributed by atoms with Gasteiger partial charge in [-0.25, -0.2) is 9.97 Å². The maximum atomic E-state index is 5.16. The van der Waals surface area contributed by atoms with Crippen LogP contribution in [0.1, 0.15) is 11.1 Å². The average Bonchev–Trinajstić information content (AvgIpc) is 2.41. The molecule has 0 spiro atoms. The van der Waals surface area contributed by atoms with Crippen molar-refractivity contribution in [2.24, 2.45) is 5.16 Å². The molecule has 0 radical (unpaired) electrons. The number of aromatic nitrogens is 2. The van der Waals surface area contributed by atoms with E-state index in [1.54, 1.807) is 18.6 Å². The highest BCUT2D eigenvalue weighted by atomic mass is 16.6. The lowest BCUT2D eigenvalue weighted by molar-refractivity contribution is 0.149. The van der Waals surface area contributed by atoms with Crippen LogP contribution < -0.4 is 0 Å². The first-order valence-corrected chi connectivity index (χ1v) is 5.39. The van der Waals surface area contributed by atoms with E-state index in [4.69, 9.17) is 4.84 Å². The van der Waals surface area contributed by atoms with E-state index in [0.717, 1.165) is 12.0 Å². The topological polar surface area (TPSA) is 47.4 Å². The van der Waals surface area contributed by atoms with Gasteiger partial charge in [0, 0.05) is 24.4 Å². The van der Waals surface area contributed by atoms with E-state index < -0.39 is 0 Å². The Hall–Kier alpha value is -2.23. The van der Waals surface area contributed by atoms with E-state index in [9.17, 15) is 0 Å². The summed E-state index contributed by atoms with van der Waals surface area (Å²) in [5.74, 6) is 0. The van der Waals surface area contributed by atoms with Crippen LogP contribution in [0.15, 0.2) is 54.2 Å². The summed E-state index contributed by atoms with van der Waals surface area (Å²) in [6, 6.07) is 10.2. The SMILES string of the molecule is C(=NOCCc1ccccc1)c1cncnc1. The minimum Gasteiger partial charge on any atom is -0.395 e. The van der Waals surface area contributed by atoms with E-state index in [1.807, 2.05) is 18.2 Å². The second-order valence-corrected chi connectivity index (χ2v) is 3.48. The van der Waals surface area contributed by atoms with Crippen molar-refractivity contribution in [2.75, 3.05) is 6.61 Å². The van der Waals surface area contributed by atoms with Crippen LogP contribution in [0.4, 0.5) is 0 Å². The van der Waals surface area contributed by atoms with E-state index >= 15 is 0 Å². The zero-order valence-electron chi connectivity index (χ0n) is 9.36. The molecule has 0 atom stereocenters. The molecule has 2 aromatic rings. The summed E-state index contributed by atoms with van der Waals surface area (Å²) in [7, 11) is 0. The van der Waals surface area contributed by atoms with Crippen LogP contribution in [0.2, 0.25) is 0 Å². The van der Waals surface area contributed by atoms with E-state index in [1.165, 1.54) is 11.9 Å². The Kier molecular flexibility index (Phi) is 4.22. The first kappa shape index (κ1) is 11.3. The van der Waals surface area contributed by atoms with Crippen LogP contribution >= 0.6 is 0 Å². The lowest BCUT2D eigenvalue weighted by atomic mass is 10.2. The van der Waals surface area contributed by atoms with Gasteiger partial charge in [0.25, 0.3) is 0 Å². The molecule has 4 nitrogen and oxygen atoms in total. The van der Waals surface area contributed by atoms with E-state index in [-0.39, 0.29) is 0 Å².